The number of methoxy groups -OCH3 is 1. The predicted molar refractivity (Wildman–Crippen MR) is 76.0 cm³/mol. The van der Waals surface area contributed by atoms with Gasteiger partial charge in [-0.3, -0.25) is 0 Å². The highest BCUT2D eigenvalue weighted by atomic mass is 19.1. The van der Waals surface area contributed by atoms with E-state index in [1.165, 1.54) is 13.2 Å². The van der Waals surface area contributed by atoms with Crippen LogP contribution in [-0.2, 0) is 9.53 Å². The molecule has 0 aliphatic rings. The largest absolute Gasteiger partial charge is 0.467 e. The van der Waals surface area contributed by atoms with Crippen molar-refractivity contribution in [3.8, 4) is 0 Å². The van der Waals surface area contributed by atoms with Gasteiger partial charge in [-0.15, -0.1) is 0 Å². The summed E-state index contributed by atoms with van der Waals surface area (Å²) in [5, 5.41) is 2.91. The Kier molecular flexibility index (Phi) is 4.35. The van der Waals surface area contributed by atoms with Gasteiger partial charge in [0.15, 0.2) is 6.04 Å². The molecule has 0 aliphatic carbocycles. The van der Waals surface area contributed by atoms with Crippen LogP contribution in [0.4, 0.5) is 10.1 Å². The first-order valence-electron chi connectivity index (χ1n) is 6.28. The number of carbonyl (C=O) groups is 1. The summed E-state index contributed by atoms with van der Waals surface area (Å²) in [6, 6.07) is 12.9. The van der Waals surface area contributed by atoms with Crippen molar-refractivity contribution in [2.75, 3.05) is 12.4 Å². The van der Waals surface area contributed by atoms with Crippen molar-refractivity contribution in [3.05, 3.63) is 65.5 Å². The van der Waals surface area contributed by atoms with Crippen molar-refractivity contribution in [1.29, 1.82) is 0 Å². The van der Waals surface area contributed by atoms with Crippen LogP contribution >= 0.6 is 0 Å². The van der Waals surface area contributed by atoms with Gasteiger partial charge in [0.25, 0.3) is 0 Å². The van der Waals surface area contributed by atoms with Crippen LogP contribution in [0.3, 0.4) is 0 Å². The molecule has 20 heavy (non-hydrogen) atoms. The highest BCUT2D eigenvalue weighted by molar-refractivity contribution is 5.81. The van der Waals surface area contributed by atoms with Gasteiger partial charge >= 0.3 is 5.97 Å². The van der Waals surface area contributed by atoms with E-state index < -0.39 is 17.8 Å². The number of anilines is 1. The summed E-state index contributed by atoms with van der Waals surface area (Å²) < 4.78 is 18.5. The van der Waals surface area contributed by atoms with Crippen molar-refractivity contribution in [2.45, 2.75) is 13.0 Å². The Morgan fingerprint density at radius 2 is 1.80 bits per heavy atom. The topological polar surface area (TPSA) is 38.3 Å². The normalized spacial score (nSPS) is 11.8. The maximum Gasteiger partial charge on any atom is 0.332 e. The van der Waals surface area contributed by atoms with E-state index in [0.717, 1.165) is 11.1 Å². The fourth-order valence-electron chi connectivity index (χ4n) is 2.03. The van der Waals surface area contributed by atoms with Gasteiger partial charge in [-0.25, -0.2) is 9.18 Å². The summed E-state index contributed by atoms with van der Waals surface area (Å²) in [5.41, 5.74) is 1.97. The summed E-state index contributed by atoms with van der Waals surface area (Å²) in [6.45, 7) is 1.90. The highest BCUT2D eigenvalue weighted by Gasteiger charge is 2.23. The Bertz CT molecular complexity index is 613. The number of rotatable bonds is 4. The number of nitrogens with one attached hydrogen (secondary N) is 1. The lowest BCUT2D eigenvalue weighted by molar-refractivity contribution is -0.141. The molecule has 2 aromatic carbocycles. The number of ether oxygens (including phenoxy) is 1. The van der Waals surface area contributed by atoms with Crippen LogP contribution in [0.2, 0.25) is 0 Å². The Balaban J connectivity index is 2.37. The van der Waals surface area contributed by atoms with Crippen molar-refractivity contribution >= 4 is 11.7 Å². The number of benzene rings is 2. The van der Waals surface area contributed by atoms with Gasteiger partial charge in [-0.1, -0.05) is 36.4 Å². The molecule has 2 aromatic rings. The molecule has 0 aliphatic heterocycles. The maximum absolute atomic E-state index is 13.7. The molecule has 0 aromatic heterocycles. The molecule has 0 saturated heterocycles. The van der Waals surface area contributed by atoms with Gasteiger partial charge < -0.3 is 10.1 Å². The van der Waals surface area contributed by atoms with Crippen LogP contribution in [0.5, 0.6) is 0 Å². The predicted octanol–water partition coefficient (Wildman–Crippen LogP) is 3.46. The van der Waals surface area contributed by atoms with Crippen molar-refractivity contribution in [3.63, 3.8) is 0 Å². The Hall–Kier alpha value is -2.36. The summed E-state index contributed by atoms with van der Waals surface area (Å²) in [4.78, 5) is 12.0. The van der Waals surface area contributed by atoms with Crippen LogP contribution in [0, 0.1) is 12.7 Å². The molecule has 1 N–H and O–H groups in total. The Morgan fingerprint density at radius 3 is 2.45 bits per heavy atom. The van der Waals surface area contributed by atoms with Gasteiger partial charge in [-0.2, -0.15) is 0 Å². The lowest BCUT2D eigenvalue weighted by atomic mass is 10.0. The third kappa shape index (κ3) is 2.96. The van der Waals surface area contributed by atoms with Gasteiger partial charge in [0, 0.05) is 0 Å². The second kappa shape index (κ2) is 6.19. The standard InChI is InChI=1S/C16H16FNO2/c1-11-7-3-4-8-12(11)15(16(19)20-2)18-14-10-6-5-9-13(14)17/h3-10,15,18H,1-2H3. The zero-order valence-electron chi connectivity index (χ0n) is 11.4. The van der Waals surface area contributed by atoms with E-state index in [9.17, 15) is 9.18 Å². The molecule has 1 unspecified atom stereocenters. The smallest absolute Gasteiger partial charge is 0.332 e. The van der Waals surface area contributed by atoms with E-state index in [2.05, 4.69) is 5.32 Å². The highest BCUT2D eigenvalue weighted by Crippen LogP contribution is 2.25. The minimum atomic E-state index is -0.738. The number of halogens is 1. The average molecular weight is 273 g/mol. The molecule has 0 radical (unpaired) electrons. The van der Waals surface area contributed by atoms with Gasteiger partial charge in [-0.05, 0) is 30.2 Å². The lowest BCUT2D eigenvalue weighted by Gasteiger charge is -2.20. The van der Waals surface area contributed by atoms with Crippen LogP contribution in [-0.4, -0.2) is 13.1 Å². The number of hydrogen-bond donors (Lipinski definition) is 1. The Morgan fingerprint density at radius 1 is 1.15 bits per heavy atom. The van der Waals surface area contributed by atoms with Crippen molar-refractivity contribution in [1.82, 2.24) is 0 Å². The summed E-state index contributed by atoms with van der Waals surface area (Å²) in [6.07, 6.45) is 0. The summed E-state index contributed by atoms with van der Waals surface area (Å²) in [5.74, 6) is -0.863. The van der Waals surface area contributed by atoms with Gasteiger partial charge in [0.1, 0.15) is 5.82 Å². The number of para-hydroxylation sites is 1. The molecule has 3 nitrogen and oxygen atoms in total. The number of hydrogen-bond acceptors (Lipinski definition) is 3. The van der Waals surface area contributed by atoms with E-state index in [1.54, 1.807) is 18.2 Å². The first-order chi connectivity index (χ1) is 9.63. The molecule has 0 fully saturated rings. The number of esters is 1. The maximum atomic E-state index is 13.7. The third-order valence-electron chi connectivity index (χ3n) is 3.11. The molecule has 4 heteroatoms. The molecule has 0 saturated carbocycles. The number of aryl methyl sites for hydroxylation is 1. The fraction of sp³-hybridized carbons (Fsp3) is 0.188. The molecule has 0 heterocycles. The van der Waals surface area contributed by atoms with Crippen molar-refractivity contribution < 1.29 is 13.9 Å². The quantitative estimate of drug-likeness (QED) is 0.867. The summed E-state index contributed by atoms with van der Waals surface area (Å²) in [7, 11) is 1.32. The minimum Gasteiger partial charge on any atom is -0.467 e. The van der Waals surface area contributed by atoms with Crippen LogP contribution in [0.15, 0.2) is 48.5 Å². The van der Waals surface area contributed by atoms with Crippen LogP contribution in [0.25, 0.3) is 0 Å². The second-order valence-electron chi connectivity index (χ2n) is 4.44. The number of carbonyl (C=O) groups excluding carboxylic acids is 1. The lowest BCUT2D eigenvalue weighted by Crippen LogP contribution is -2.23. The van der Waals surface area contributed by atoms with E-state index in [0.29, 0.717) is 0 Å². The molecular weight excluding hydrogens is 257 g/mol. The van der Waals surface area contributed by atoms with E-state index in [1.807, 2.05) is 31.2 Å². The molecular formula is C16H16FNO2. The molecule has 2 rings (SSSR count). The molecule has 104 valence electrons. The molecule has 1 atom stereocenters. The first kappa shape index (κ1) is 14.1. The second-order valence-corrected chi connectivity index (χ2v) is 4.44. The average Bonchev–Trinajstić information content (AvgIpc) is 2.47. The van der Waals surface area contributed by atoms with E-state index >= 15 is 0 Å². The fourth-order valence-corrected chi connectivity index (χ4v) is 2.03. The summed E-state index contributed by atoms with van der Waals surface area (Å²) >= 11 is 0. The van der Waals surface area contributed by atoms with Gasteiger partial charge in [0.2, 0.25) is 0 Å². The zero-order valence-corrected chi connectivity index (χ0v) is 11.4. The van der Waals surface area contributed by atoms with E-state index in [-0.39, 0.29) is 5.69 Å². The molecule has 0 spiro atoms. The minimum absolute atomic E-state index is 0.270. The SMILES string of the molecule is COC(=O)C(Nc1ccccc1F)c1ccccc1C. The first-order valence-corrected chi connectivity index (χ1v) is 6.28. The van der Waals surface area contributed by atoms with Crippen molar-refractivity contribution in [2.24, 2.45) is 0 Å². The Labute approximate surface area is 117 Å². The molecule has 0 bridgehead atoms. The monoisotopic (exact) mass is 273 g/mol. The van der Waals surface area contributed by atoms with Crippen LogP contribution in [0.1, 0.15) is 17.2 Å². The van der Waals surface area contributed by atoms with Gasteiger partial charge in [0.05, 0.1) is 12.8 Å². The third-order valence-corrected chi connectivity index (χ3v) is 3.11. The zero-order chi connectivity index (χ0) is 14.5. The molecule has 0 amide bonds. The van der Waals surface area contributed by atoms with E-state index in [4.69, 9.17) is 4.74 Å². The van der Waals surface area contributed by atoms with Crippen LogP contribution < -0.4 is 5.32 Å².